The SMILES string of the molecule is CC1=NC2=[N+](C)C(=O)N(C)C(=O)C2C(SCC(=O)Nc2ccc(C)c(Cl)c2)=N1. The first-order valence-corrected chi connectivity index (χ1v) is 9.80. The number of nitrogens with one attached hydrogen (secondary N) is 1. The molecule has 0 radical (unpaired) electrons. The van der Waals surface area contributed by atoms with E-state index in [2.05, 4.69) is 15.3 Å². The minimum absolute atomic E-state index is 0.0516. The third-order valence-corrected chi connectivity index (χ3v) is 5.79. The Morgan fingerprint density at radius 2 is 2.04 bits per heavy atom. The first-order chi connectivity index (χ1) is 13.2. The van der Waals surface area contributed by atoms with Gasteiger partial charge in [0, 0.05) is 17.6 Å². The first-order valence-electron chi connectivity index (χ1n) is 8.44. The van der Waals surface area contributed by atoms with Gasteiger partial charge in [0.2, 0.25) is 11.7 Å². The Balaban J connectivity index is 1.75. The number of hydrogen-bond acceptors (Lipinski definition) is 6. The summed E-state index contributed by atoms with van der Waals surface area (Å²) in [6.07, 6.45) is 0. The summed E-state index contributed by atoms with van der Waals surface area (Å²) in [5.74, 6) is -0.647. The number of halogens is 1. The van der Waals surface area contributed by atoms with Crippen molar-refractivity contribution in [2.24, 2.45) is 15.9 Å². The number of nitrogens with zero attached hydrogens (tertiary/aromatic N) is 4. The van der Waals surface area contributed by atoms with Crippen LogP contribution in [-0.4, -0.2) is 63.9 Å². The van der Waals surface area contributed by atoms with Crippen molar-refractivity contribution >= 4 is 63.6 Å². The summed E-state index contributed by atoms with van der Waals surface area (Å²) in [5, 5.41) is 3.78. The van der Waals surface area contributed by atoms with Gasteiger partial charge in [-0.1, -0.05) is 34.4 Å². The summed E-state index contributed by atoms with van der Waals surface area (Å²) in [6, 6.07) is 4.82. The molecule has 0 fully saturated rings. The number of benzene rings is 1. The maximum Gasteiger partial charge on any atom is 0.445 e. The topological polar surface area (TPSA) is 94.2 Å². The van der Waals surface area contributed by atoms with E-state index in [0.29, 0.717) is 27.4 Å². The zero-order valence-corrected chi connectivity index (χ0v) is 17.4. The summed E-state index contributed by atoms with van der Waals surface area (Å²) in [5.41, 5.74) is 1.51. The second-order valence-corrected chi connectivity index (χ2v) is 7.84. The highest BCUT2D eigenvalue weighted by molar-refractivity contribution is 8.14. The van der Waals surface area contributed by atoms with Crippen LogP contribution in [0.3, 0.4) is 0 Å². The number of aryl methyl sites for hydroxylation is 1. The van der Waals surface area contributed by atoms with Gasteiger partial charge >= 0.3 is 11.9 Å². The molecule has 1 atom stereocenters. The molecule has 2 aliphatic heterocycles. The fourth-order valence-electron chi connectivity index (χ4n) is 2.81. The molecule has 3 rings (SSSR count). The highest BCUT2D eigenvalue weighted by atomic mass is 35.5. The molecule has 2 heterocycles. The number of thioether (sulfide) groups is 1. The molecule has 2 aliphatic rings. The Bertz CT molecular complexity index is 985. The lowest BCUT2D eigenvalue weighted by molar-refractivity contribution is -0.407. The van der Waals surface area contributed by atoms with E-state index in [1.165, 1.54) is 11.6 Å². The van der Waals surface area contributed by atoms with Crippen molar-refractivity contribution in [2.45, 2.75) is 13.8 Å². The molecule has 4 amide bonds. The van der Waals surface area contributed by atoms with Crippen molar-refractivity contribution in [3.63, 3.8) is 0 Å². The molecule has 0 saturated carbocycles. The van der Waals surface area contributed by atoms with Gasteiger partial charge in [-0.15, -0.1) is 0 Å². The Kier molecular flexibility index (Phi) is 5.66. The standard InChI is InChI=1S/C18H18ClN5O3S/c1-9-5-6-11(7-12(9)19)22-13(25)8-28-16-14-15(20-10(2)21-16)23(3)18(27)24(4)17(14)26/h5-7,14H,8H2,1-4H3/p+1. The maximum atomic E-state index is 12.6. The lowest BCUT2D eigenvalue weighted by Gasteiger charge is -2.26. The molecule has 0 spiro atoms. The Hall–Kier alpha value is -2.52. The zero-order chi connectivity index (χ0) is 20.6. The van der Waals surface area contributed by atoms with Crippen LogP contribution in [0.25, 0.3) is 0 Å². The fraction of sp³-hybridized carbons (Fsp3) is 0.333. The highest BCUT2D eigenvalue weighted by Gasteiger charge is 2.48. The van der Waals surface area contributed by atoms with Crippen LogP contribution in [0.15, 0.2) is 28.2 Å². The van der Waals surface area contributed by atoms with Gasteiger partial charge in [-0.2, -0.15) is 9.48 Å². The molecular formula is C18H19ClN5O3S+. The summed E-state index contributed by atoms with van der Waals surface area (Å²) in [6.45, 7) is 3.56. The van der Waals surface area contributed by atoms with Crippen molar-refractivity contribution in [3.8, 4) is 0 Å². The van der Waals surface area contributed by atoms with Crippen molar-refractivity contribution in [3.05, 3.63) is 28.8 Å². The predicted molar refractivity (Wildman–Crippen MR) is 111 cm³/mol. The number of aliphatic imine (C=N–C) groups is 2. The first kappa shape index (κ1) is 20.2. The second kappa shape index (κ2) is 7.84. The van der Waals surface area contributed by atoms with Crippen LogP contribution in [0.4, 0.5) is 10.5 Å². The van der Waals surface area contributed by atoms with Gasteiger partial charge in [0.05, 0.1) is 19.8 Å². The van der Waals surface area contributed by atoms with Crippen LogP contribution >= 0.6 is 23.4 Å². The quantitative estimate of drug-likeness (QED) is 0.759. The van der Waals surface area contributed by atoms with E-state index in [4.69, 9.17) is 11.6 Å². The van der Waals surface area contributed by atoms with E-state index in [1.54, 1.807) is 26.1 Å². The van der Waals surface area contributed by atoms with Crippen LogP contribution in [0.2, 0.25) is 5.02 Å². The van der Waals surface area contributed by atoms with Gasteiger partial charge in [-0.3, -0.25) is 9.59 Å². The van der Waals surface area contributed by atoms with E-state index in [0.717, 1.165) is 22.2 Å². The van der Waals surface area contributed by atoms with Crippen LogP contribution in [0, 0.1) is 12.8 Å². The van der Waals surface area contributed by atoms with Crippen molar-refractivity contribution in [1.29, 1.82) is 0 Å². The number of fused-ring (bicyclic) bond motifs is 1. The van der Waals surface area contributed by atoms with Gasteiger partial charge in [-0.05, 0) is 24.6 Å². The summed E-state index contributed by atoms with van der Waals surface area (Å²) < 4.78 is 1.33. The van der Waals surface area contributed by atoms with E-state index in [-0.39, 0.29) is 11.7 Å². The molecule has 28 heavy (non-hydrogen) atoms. The lowest BCUT2D eigenvalue weighted by Crippen LogP contribution is -2.54. The third kappa shape index (κ3) is 3.85. The van der Waals surface area contributed by atoms with E-state index in [9.17, 15) is 14.4 Å². The lowest BCUT2D eigenvalue weighted by atomic mass is 10.1. The van der Waals surface area contributed by atoms with Gasteiger partial charge in [0.1, 0.15) is 5.04 Å². The van der Waals surface area contributed by atoms with Crippen LogP contribution in [0.5, 0.6) is 0 Å². The predicted octanol–water partition coefficient (Wildman–Crippen LogP) is 2.40. The van der Waals surface area contributed by atoms with Gasteiger partial charge in [0.25, 0.3) is 5.84 Å². The van der Waals surface area contributed by atoms with Gasteiger partial charge < -0.3 is 5.32 Å². The van der Waals surface area contributed by atoms with Crippen molar-refractivity contribution in [1.82, 2.24) is 4.90 Å². The smallest absolute Gasteiger partial charge is 0.325 e. The molecule has 10 heteroatoms. The largest absolute Gasteiger partial charge is 0.445 e. The number of carbonyl (C=O) groups excluding carboxylic acids is 3. The Morgan fingerprint density at radius 1 is 1.32 bits per heavy atom. The minimum Gasteiger partial charge on any atom is -0.325 e. The number of urea groups is 1. The Morgan fingerprint density at radius 3 is 2.71 bits per heavy atom. The fourth-order valence-corrected chi connectivity index (χ4v) is 3.91. The molecule has 1 unspecified atom stereocenters. The normalized spacial score (nSPS) is 19.3. The Labute approximate surface area is 171 Å². The average molecular weight is 421 g/mol. The number of rotatable bonds is 3. The molecule has 0 saturated heterocycles. The van der Waals surface area contributed by atoms with Crippen molar-refractivity contribution < 1.29 is 19.0 Å². The van der Waals surface area contributed by atoms with Crippen LogP contribution in [0.1, 0.15) is 12.5 Å². The number of amidine groups is 2. The monoisotopic (exact) mass is 420 g/mol. The minimum atomic E-state index is -0.789. The summed E-state index contributed by atoms with van der Waals surface area (Å²) >= 11 is 7.23. The van der Waals surface area contributed by atoms with Gasteiger partial charge in [0.15, 0.2) is 5.92 Å². The molecule has 1 N–H and O–H groups in total. The van der Waals surface area contributed by atoms with E-state index < -0.39 is 17.9 Å². The molecule has 1 aromatic carbocycles. The maximum absolute atomic E-state index is 12.6. The molecule has 0 bridgehead atoms. The van der Waals surface area contributed by atoms with E-state index >= 15 is 0 Å². The summed E-state index contributed by atoms with van der Waals surface area (Å²) in [7, 11) is 2.98. The van der Waals surface area contributed by atoms with Crippen LogP contribution in [-0.2, 0) is 9.59 Å². The highest BCUT2D eigenvalue weighted by Crippen LogP contribution is 2.25. The number of hydrogen-bond donors (Lipinski definition) is 1. The molecule has 1 aromatic rings. The average Bonchev–Trinajstić information content (AvgIpc) is 2.65. The third-order valence-electron chi connectivity index (χ3n) is 4.36. The number of carbonyl (C=O) groups is 3. The van der Waals surface area contributed by atoms with Gasteiger partial charge in [-0.25, -0.2) is 9.79 Å². The summed E-state index contributed by atoms with van der Waals surface area (Å²) in [4.78, 5) is 46.7. The number of imide groups is 1. The molecule has 0 aliphatic carbocycles. The molecule has 146 valence electrons. The molecular weight excluding hydrogens is 402 g/mol. The second-order valence-electron chi connectivity index (χ2n) is 6.44. The van der Waals surface area contributed by atoms with E-state index in [1.807, 2.05) is 13.0 Å². The van der Waals surface area contributed by atoms with Crippen LogP contribution < -0.4 is 5.32 Å². The molecule has 0 aromatic heterocycles. The van der Waals surface area contributed by atoms with Crippen molar-refractivity contribution in [2.75, 3.05) is 25.2 Å². The molecule has 8 nitrogen and oxygen atoms in total. The number of anilines is 1. The number of amides is 4. The zero-order valence-electron chi connectivity index (χ0n) is 15.8.